The van der Waals surface area contributed by atoms with Crippen LogP contribution in [0.3, 0.4) is 0 Å². The lowest BCUT2D eigenvalue weighted by molar-refractivity contribution is 0.193. The first-order valence-electron chi connectivity index (χ1n) is 7.50. The summed E-state index contributed by atoms with van der Waals surface area (Å²) in [6, 6.07) is 3.89. The number of ether oxygens (including phenoxy) is 1. The van der Waals surface area contributed by atoms with Crippen molar-refractivity contribution in [1.29, 1.82) is 0 Å². The summed E-state index contributed by atoms with van der Waals surface area (Å²) in [5.41, 5.74) is 1.00. The van der Waals surface area contributed by atoms with E-state index in [4.69, 9.17) is 4.74 Å². The van der Waals surface area contributed by atoms with E-state index in [9.17, 15) is 4.79 Å². The maximum Gasteiger partial charge on any atom is 0.315 e. The minimum atomic E-state index is -0.158. The fourth-order valence-electron chi connectivity index (χ4n) is 2.32. The molecule has 0 atom stereocenters. The number of carbonyl (C=O) groups is 1. The summed E-state index contributed by atoms with van der Waals surface area (Å²) in [7, 11) is 1.65. The number of urea groups is 1. The topological polar surface area (TPSA) is 66.5 Å². The molecule has 0 radical (unpaired) electrons. The van der Waals surface area contributed by atoms with Crippen molar-refractivity contribution in [2.45, 2.75) is 25.8 Å². The number of carbonyl (C=O) groups excluding carboxylic acids is 1. The van der Waals surface area contributed by atoms with E-state index in [1.807, 2.05) is 18.3 Å². The van der Waals surface area contributed by atoms with Gasteiger partial charge in [-0.1, -0.05) is 6.07 Å². The van der Waals surface area contributed by atoms with Crippen LogP contribution in [0.4, 0.5) is 10.6 Å². The second-order valence-corrected chi connectivity index (χ2v) is 5.17. The number of rotatable bonds is 7. The molecule has 2 rings (SSSR count). The highest BCUT2D eigenvalue weighted by Gasteiger charge is 2.12. The van der Waals surface area contributed by atoms with Crippen LogP contribution in [0.1, 0.15) is 24.8 Å². The SMILES string of the molecule is COCCCNC(=O)NCc1ccc(N2CCCC2)nc1. The van der Waals surface area contributed by atoms with E-state index in [0.29, 0.717) is 19.7 Å². The molecule has 1 aromatic heterocycles. The Morgan fingerprint density at radius 1 is 1.33 bits per heavy atom. The molecule has 1 fully saturated rings. The van der Waals surface area contributed by atoms with Crippen LogP contribution in [0.25, 0.3) is 0 Å². The summed E-state index contributed by atoms with van der Waals surface area (Å²) in [6.45, 7) is 3.94. The summed E-state index contributed by atoms with van der Waals surface area (Å²) in [5, 5.41) is 5.61. The van der Waals surface area contributed by atoms with Crippen molar-refractivity contribution in [2.75, 3.05) is 38.3 Å². The van der Waals surface area contributed by atoms with Crippen molar-refractivity contribution >= 4 is 11.8 Å². The van der Waals surface area contributed by atoms with Gasteiger partial charge in [0.2, 0.25) is 0 Å². The van der Waals surface area contributed by atoms with Crippen LogP contribution in [0, 0.1) is 0 Å². The maximum atomic E-state index is 11.6. The number of amides is 2. The Labute approximate surface area is 125 Å². The molecule has 0 unspecified atom stereocenters. The summed E-state index contributed by atoms with van der Waals surface area (Å²) in [4.78, 5) is 18.3. The molecule has 116 valence electrons. The Balaban J connectivity index is 1.69. The highest BCUT2D eigenvalue weighted by atomic mass is 16.5. The van der Waals surface area contributed by atoms with Gasteiger partial charge in [0, 0.05) is 46.1 Å². The molecule has 6 heteroatoms. The van der Waals surface area contributed by atoms with Crippen LogP contribution in [0.15, 0.2) is 18.3 Å². The highest BCUT2D eigenvalue weighted by molar-refractivity contribution is 5.73. The van der Waals surface area contributed by atoms with Gasteiger partial charge in [0.05, 0.1) is 0 Å². The largest absolute Gasteiger partial charge is 0.385 e. The number of aromatic nitrogens is 1. The van der Waals surface area contributed by atoms with Crippen LogP contribution in [0.2, 0.25) is 0 Å². The Hall–Kier alpha value is -1.82. The van der Waals surface area contributed by atoms with Gasteiger partial charge in [-0.05, 0) is 30.9 Å². The molecule has 2 amide bonds. The normalized spacial score (nSPS) is 14.2. The molecule has 0 bridgehead atoms. The second-order valence-electron chi connectivity index (χ2n) is 5.17. The zero-order chi connectivity index (χ0) is 14.9. The first kappa shape index (κ1) is 15.6. The Morgan fingerprint density at radius 3 is 2.81 bits per heavy atom. The molecule has 0 aliphatic carbocycles. The van der Waals surface area contributed by atoms with Gasteiger partial charge in [-0.25, -0.2) is 9.78 Å². The summed E-state index contributed by atoms with van der Waals surface area (Å²) in [5.74, 6) is 1.03. The van der Waals surface area contributed by atoms with Gasteiger partial charge >= 0.3 is 6.03 Å². The van der Waals surface area contributed by atoms with Crippen molar-refractivity contribution in [3.63, 3.8) is 0 Å². The molecular formula is C15H24N4O2. The lowest BCUT2D eigenvalue weighted by Gasteiger charge is -2.16. The minimum absolute atomic E-state index is 0.158. The van der Waals surface area contributed by atoms with Crippen LogP contribution < -0.4 is 15.5 Å². The number of anilines is 1. The quantitative estimate of drug-likeness (QED) is 0.748. The fourth-order valence-corrected chi connectivity index (χ4v) is 2.32. The summed E-state index contributed by atoms with van der Waals surface area (Å²) >= 11 is 0. The fraction of sp³-hybridized carbons (Fsp3) is 0.600. The molecule has 0 spiro atoms. The van der Waals surface area contributed by atoms with Crippen LogP contribution >= 0.6 is 0 Å². The average molecular weight is 292 g/mol. The van der Waals surface area contributed by atoms with Crippen molar-refractivity contribution in [3.05, 3.63) is 23.9 Å². The first-order chi connectivity index (χ1) is 10.3. The lowest BCUT2D eigenvalue weighted by atomic mass is 10.3. The molecule has 1 aliphatic rings. The third-order valence-electron chi connectivity index (χ3n) is 3.50. The first-order valence-corrected chi connectivity index (χ1v) is 7.50. The summed E-state index contributed by atoms with van der Waals surface area (Å²) in [6.07, 6.45) is 5.14. The van der Waals surface area contributed by atoms with E-state index in [1.54, 1.807) is 7.11 Å². The molecule has 6 nitrogen and oxygen atoms in total. The molecule has 21 heavy (non-hydrogen) atoms. The molecular weight excluding hydrogens is 268 g/mol. The van der Waals surface area contributed by atoms with Crippen molar-refractivity contribution < 1.29 is 9.53 Å². The lowest BCUT2D eigenvalue weighted by Crippen LogP contribution is -2.35. The Morgan fingerprint density at radius 2 is 2.14 bits per heavy atom. The molecule has 0 aromatic carbocycles. The van der Waals surface area contributed by atoms with Gasteiger partial charge in [0.15, 0.2) is 0 Å². The van der Waals surface area contributed by atoms with E-state index >= 15 is 0 Å². The zero-order valence-corrected chi connectivity index (χ0v) is 12.6. The molecule has 1 saturated heterocycles. The highest BCUT2D eigenvalue weighted by Crippen LogP contribution is 2.17. The van der Waals surface area contributed by atoms with E-state index in [2.05, 4.69) is 20.5 Å². The number of nitrogens with one attached hydrogen (secondary N) is 2. The third-order valence-corrected chi connectivity index (χ3v) is 3.50. The zero-order valence-electron chi connectivity index (χ0n) is 12.6. The number of hydrogen-bond donors (Lipinski definition) is 2. The molecule has 2 heterocycles. The Kier molecular flexibility index (Phi) is 6.27. The second kappa shape index (κ2) is 8.46. The van der Waals surface area contributed by atoms with Crippen LogP contribution in [0.5, 0.6) is 0 Å². The molecule has 2 N–H and O–H groups in total. The number of hydrogen-bond acceptors (Lipinski definition) is 4. The molecule has 1 aromatic rings. The maximum absolute atomic E-state index is 11.6. The summed E-state index contributed by atoms with van der Waals surface area (Å²) < 4.78 is 4.92. The van der Waals surface area contributed by atoms with Crippen molar-refractivity contribution in [3.8, 4) is 0 Å². The molecule has 0 saturated carbocycles. The molecule has 1 aliphatic heterocycles. The van der Waals surface area contributed by atoms with E-state index < -0.39 is 0 Å². The van der Waals surface area contributed by atoms with Gasteiger partial charge in [0.1, 0.15) is 5.82 Å². The number of nitrogens with zero attached hydrogens (tertiary/aromatic N) is 2. The van der Waals surface area contributed by atoms with Crippen molar-refractivity contribution in [2.24, 2.45) is 0 Å². The predicted molar refractivity (Wildman–Crippen MR) is 82.4 cm³/mol. The van der Waals surface area contributed by atoms with Crippen LogP contribution in [-0.4, -0.2) is 44.4 Å². The number of methoxy groups -OCH3 is 1. The third kappa shape index (κ3) is 5.23. The Bertz CT molecular complexity index is 430. The average Bonchev–Trinajstić information content (AvgIpc) is 3.04. The smallest absolute Gasteiger partial charge is 0.315 e. The standard InChI is InChI=1S/C15H24N4O2/c1-21-10-4-7-16-15(20)18-12-13-5-6-14(17-11-13)19-8-2-3-9-19/h5-6,11H,2-4,7-10,12H2,1H3,(H2,16,18,20). The minimum Gasteiger partial charge on any atom is -0.385 e. The number of pyridine rings is 1. The van der Waals surface area contributed by atoms with Gasteiger partial charge < -0.3 is 20.3 Å². The van der Waals surface area contributed by atoms with Crippen LogP contribution in [-0.2, 0) is 11.3 Å². The van der Waals surface area contributed by atoms with E-state index in [1.165, 1.54) is 12.8 Å². The van der Waals surface area contributed by atoms with Crippen molar-refractivity contribution in [1.82, 2.24) is 15.6 Å². The van der Waals surface area contributed by atoms with Gasteiger partial charge in [-0.3, -0.25) is 0 Å². The van der Waals surface area contributed by atoms with Gasteiger partial charge in [-0.2, -0.15) is 0 Å². The predicted octanol–water partition coefficient (Wildman–Crippen LogP) is 1.52. The van der Waals surface area contributed by atoms with E-state index in [0.717, 1.165) is 30.9 Å². The van der Waals surface area contributed by atoms with Gasteiger partial charge in [-0.15, -0.1) is 0 Å². The van der Waals surface area contributed by atoms with E-state index in [-0.39, 0.29) is 6.03 Å². The monoisotopic (exact) mass is 292 g/mol. The van der Waals surface area contributed by atoms with Gasteiger partial charge in [0.25, 0.3) is 0 Å².